The first-order valence-electron chi connectivity index (χ1n) is 13.7. The summed E-state index contributed by atoms with van der Waals surface area (Å²) in [4.78, 5) is 23.5. The van der Waals surface area contributed by atoms with Crippen molar-refractivity contribution in [1.29, 1.82) is 0 Å². The van der Waals surface area contributed by atoms with Crippen LogP contribution in [0.15, 0.2) is 47.8 Å². The maximum Gasteiger partial charge on any atom is 0.161 e. The Morgan fingerprint density at radius 2 is 1.61 bits per heavy atom. The van der Waals surface area contributed by atoms with Crippen LogP contribution in [0.2, 0.25) is 0 Å². The molecule has 3 aromatic heterocycles. The van der Waals surface area contributed by atoms with E-state index in [0.717, 1.165) is 57.9 Å². The molecule has 0 atom stereocenters. The van der Waals surface area contributed by atoms with Crippen molar-refractivity contribution in [2.75, 3.05) is 19.0 Å². The summed E-state index contributed by atoms with van der Waals surface area (Å²) in [6.45, 7) is 13.2. The van der Waals surface area contributed by atoms with Gasteiger partial charge in [0.25, 0.3) is 0 Å². The van der Waals surface area contributed by atoms with Crippen LogP contribution >= 0.6 is 11.3 Å². The zero-order valence-electron chi connectivity index (χ0n) is 24.4. The molecular weight excluding hydrogens is 488 g/mol. The average Bonchev–Trinajstić information content (AvgIpc) is 3.50. The number of carbonyl (C=O) groups excluding carboxylic acids is 1. The number of anilines is 1. The highest BCUT2D eigenvalue weighted by Crippen LogP contribution is 2.27. The Morgan fingerprint density at radius 1 is 0.974 bits per heavy atom. The van der Waals surface area contributed by atoms with Gasteiger partial charge < -0.3 is 9.47 Å². The molecule has 5 nitrogen and oxygen atoms in total. The summed E-state index contributed by atoms with van der Waals surface area (Å²) in [5, 5.41) is 3.18. The number of carbonyl (C=O) groups is 1. The highest BCUT2D eigenvalue weighted by molar-refractivity contribution is 7.09. The molecule has 0 saturated heterocycles. The van der Waals surface area contributed by atoms with Crippen molar-refractivity contribution in [2.24, 2.45) is 11.8 Å². The molecule has 0 amide bonds. The Morgan fingerprint density at radius 3 is 2.13 bits per heavy atom. The third-order valence-corrected chi connectivity index (χ3v) is 8.13. The van der Waals surface area contributed by atoms with Gasteiger partial charge in [-0.05, 0) is 69.2 Å². The second-order valence-electron chi connectivity index (χ2n) is 10.9. The number of rotatable bonds is 4. The number of aromatic nitrogens is 3. The number of benzene rings is 1. The van der Waals surface area contributed by atoms with Gasteiger partial charge in [0, 0.05) is 41.3 Å². The first kappa shape index (κ1) is 29.6. The van der Waals surface area contributed by atoms with Gasteiger partial charge in [-0.3, -0.25) is 4.79 Å². The van der Waals surface area contributed by atoms with Gasteiger partial charge in [-0.2, -0.15) is 0 Å². The van der Waals surface area contributed by atoms with E-state index < -0.39 is 0 Å². The maximum absolute atomic E-state index is 11.4. The zero-order valence-corrected chi connectivity index (χ0v) is 25.2. The first-order chi connectivity index (χ1) is 18.1. The molecule has 0 spiro atoms. The topological polar surface area (TPSA) is 51.0 Å². The van der Waals surface area contributed by atoms with Gasteiger partial charge in [-0.25, -0.2) is 9.97 Å². The van der Waals surface area contributed by atoms with Gasteiger partial charge in [0.2, 0.25) is 0 Å². The molecule has 1 aliphatic rings. The number of hydrogen-bond donors (Lipinski definition) is 0. The Hall–Kier alpha value is -2.99. The van der Waals surface area contributed by atoms with Gasteiger partial charge >= 0.3 is 0 Å². The van der Waals surface area contributed by atoms with E-state index in [0.29, 0.717) is 0 Å². The van der Waals surface area contributed by atoms with Crippen LogP contribution in [0.25, 0.3) is 10.9 Å². The predicted octanol–water partition coefficient (Wildman–Crippen LogP) is 8.25. The number of para-hydroxylation sites is 1. The lowest BCUT2D eigenvalue weighted by atomic mass is 9.84. The molecule has 0 unspecified atom stereocenters. The summed E-state index contributed by atoms with van der Waals surface area (Å²) in [6.07, 6.45) is 5.89. The zero-order chi connectivity index (χ0) is 27.8. The number of thiophene rings is 1. The van der Waals surface area contributed by atoms with E-state index in [1.165, 1.54) is 30.6 Å². The van der Waals surface area contributed by atoms with E-state index in [1.54, 1.807) is 18.3 Å². The number of hydrogen-bond acceptors (Lipinski definition) is 5. The fraction of sp³-hybridized carbons (Fsp3) is 0.469. The molecule has 0 radical (unpaired) electrons. The average molecular weight is 533 g/mol. The van der Waals surface area contributed by atoms with Gasteiger partial charge in [-0.15, -0.1) is 11.3 Å². The fourth-order valence-electron chi connectivity index (χ4n) is 4.90. The molecule has 1 fully saturated rings. The standard InChI is InChI=1S/C13H15NOS.C11H13N3.C8H16/c1-9-7-13(11(3)15)10(2)14(9)8-12-5-4-6-16-12;1-8-12-10-7-5-4-6-9(10)11(13-8)14(2)3;1-7-3-5-8(2)6-4-7/h4-7H,8H2,1-3H3;4-7H,1-3H3;7-8H,3-6H2,1-2H3. The molecule has 1 aromatic carbocycles. The van der Waals surface area contributed by atoms with Crippen molar-refractivity contribution < 1.29 is 4.79 Å². The Bertz CT molecular complexity index is 1300. The molecule has 5 rings (SSSR count). The molecule has 0 aliphatic heterocycles. The summed E-state index contributed by atoms with van der Waals surface area (Å²) in [5.74, 6) is 3.98. The molecule has 1 aliphatic carbocycles. The van der Waals surface area contributed by atoms with Crippen LogP contribution in [0.3, 0.4) is 0 Å². The largest absolute Gasteiger partial charge is 0.362 e. The van der Waals surface area contributed by atoms with Gasteiger partial charge in [0.15, 0.2) is 5.78 Å². The Labute approximate surface area is 232 Å². The highest BCUT2D eigenvalue weighted by atomic mass is 32.1. The second-order valence-corrected chi connectivity index (χ2v) is 11.9. The van der Waals surface area contributed by atoms with E-state index in [-0.39, 0.29) is 5.78 Å². The van der Waals surface area contributed by atoms with E-state index in [4.69, 9.17) is 0 Å². The van der Waals surface area contributed by atoms with E-state index in [9.17, 15) is 4.79 Å². The van der Waals surface area contributed by atoms with Gasteiger partial charge in [-0.1, -0.05) is 57.7 Å². The fourth-order valence-corrected chi connectivity index (χ4v) is 5.59. The lowest BCUT2D eigenvalue weighted by Crippen LogP contribution is -2.12. The normalized spacial score (nSPS) is 16.7. The number of ketones is 1. The molecule has 0 N–H and O–H groups in total. The maximum atomic E-state index is 11.4. The monoisotopic (exact) mass is 532 g/mol. The lowest BCUT2D eigenvalue weighted by molar-refractivity contribution is 0.101. The summed E-state index contributed by atoms with van der Waals surface area (Å²) in [6, 6.07) is 14.2. The minimum Gasteiger partial charge on any atom is -0.362 e. The number of nitrogens with zero attached hydrogens (tertiary/aromatic N) is 4. The Balaban J connectivity index is 0.000000166. The lowest BCUT2D eigenvalue weighted by Gasteiger charge is -2.22. The second kappa shape index (κ2) is 13.7. The molecule has 4 aromatic rings. The number of Topliss-reactive ketones (excluding diaryl/α,β-unsaturated/α-hetero) is 1. The number of aryl methyl sites for hydroxylation is 2. The highest BCUT2D eigenvalue weighted by Gasteiger charge is 2.14. The van der Waals surface area contributed by atoms with Crippen molar-refractivity contribution in [3.63, 3.8) is 0 Å². The van der Waals surface area contributed by atoms with Crippen LogP contribution in [-0.2, 0) is 6.54 Å². The summed E-state index contributed by atoms with van der Waals surface area (Å²) >= 11 is 1.75. The SMILES string of the molecule is CC(=O)c1cc(C)n(Cc2cccs2)c1C.CC1CCC(C)CC1.Cc1nc(N(C)C)c2ccccc2n1. The predicted molar refractivity (Wildman–Crippen MR) is 163 cm³/mol. The van der Waals surface area contributed by atoms with E-state index in [2.05, 4.69) is 45.9 Å². The van der Waals surface area contributed by atoms with Crippen LogP contribution in [0.1, 0.15) is 78.9 Å². The third kappa shape index (κ3) is 8.00. The van der Waals surface area contributed by atoms with Crippen molar-refractivity contribution in [3.05, 3.63) is 75.5 Å². The molecule has 1 saturated carbocycles. The van der Waals surface area contributed by atoms with Gasteiger partial charge in [0.05, 0.1) is 12.1 Å². The molecular formula is C32H44N4OS. The van der Waals surface area contributed by atoms with Crippen molar-refractivity contribution in [2.45, 2.75) is 73.8 Å². The van der Waals surface area contributed by atoms with Crippen LogP contribution in [0.4, 0.5) is 5.82 Å². The smallest absolute Gasteiger partial charge is 0.161 e. The molecule has 3 heterocycles. The van der Waals surface area contributed by atoms with Crippen LogP contribution in [0.5, 0.6) is 0 Å². The third-order valence-electron chi connectivity index (χ3n) is 7.27. The van der Waals surface area contributed by atoms with E-state index in [1.807, 2.05) is 70.1 Å². The molecule has 6 heteroatoms. The summed E-state index contributed by atoms with van der Waals surface area (Å²) in [7, 11) is 3.99. The van der Waals surface area contributed by atoms with Crippen LogP contribution in [-0.4, -0.2) is 34.4 Å². The Kier molecular flexibility index (Phi) is 10.7. The first-order valence-corrected chi connectivity index (χ1v) is 14.6. The summed E-state index contributed by atoms with van der Waals surface area (Å²) in [5.41, 5.74) is 4.06. The van der Waals surface area contributed by atoms with E-state index >= 15 is 0 Å². The minimum absolute atomic E-state index is 0.144. The molecule has 0 bridgehead atoms. The van der Waals surface area contributed by atoms with Crippen LogP contribution in [0, 0.1) is 32.6 Å². The van der Waals surface area contributed by atoms with Gasteiger partial charge in [0.1, 0.15) is 11.6 Å². The quantitative estimate of drug-likeness (QED) is 0.248. The minimum atomic E-state index is 0.144. The van der Waals surface area contributed by atoms with Crippen molar-refractivity contribution in [1.82, 2.24) is 14.5 Å². The summed E-state index contributed by atoms with van der Waals surface area (Å²) < 4.78 is 2.20. The number of fused-ring (bicyclic) bond motifs is 1. The van der Waals surface area contributed by atoms with Crippen molar-refractivity contribution in [3.8, 4) is 0 Å². The molecule has 204 valence electrons. The van der Waals surface area contributed by atoms with Crippen molar-refractivity contribution >= 4 is 33.8 Å². The molecule has 38 heavy (non-hydrogen) atoms. The van der Waals surface area contributed by atoms with Crippen LogP contribution < -0.4 is 4.90 Å².